The molecule has 0 bridgehead atoms. The molecule has 0 atom stereocenters. The minimum Gasteiger partial charge on any atom is -0.334 e. The van der Waals surface area contributed by atoms with Crippen molar-refractivity contribution in [2.24, 2.45) is 0 Å². The van der Waals surface area contributed by atoms with Gasteiger partial charge in [-0.15, -0.1) is 11.3 Å². The lowest BCUT2D eigenvalue weighted by Crippen LogP contribution is -2.28. The van der Waals surface area contributed by atoms with Crippen LogP contribution in [0.2, 0.25) is 0 Å². The third kappa shape index (κ3) is 6.63. The number of carbonyl (C=O) groups excluding carboxylic acids is 2. The molecular weight excluding hydrogens is 448 g/mol. The molecule has 3 N–H and O–H groups in total. The van der Waals surface area contributed by atoms with Crippen molar-refractivity contribution >= 4 is 34.1 Å². The first kappa shape index (κ1) is 24.9. The zero-order valence-electron chi connectivity index (χ0n) is 19.5. The largest absolute Gasteiger partial charge is 0.334 e. The Morgan fingerprint density at radius 3 is 2.74 bits per heavy atom. The van der Waals surface area contributed by atoms with E-state index in [-0.39, 0.29) is 12.5 Å². The van der Waals surface area contributed by atoms with Gasteiger partial charge in [0.2, 0.25) is 0 Å². The molecule has 34 heavy (non-hydrogen) atoms. The second-order valence-electron chi connectivity index (χ2n) is 7.53. The van der Waals surface area contributed by atoms with E-state index in [1.807, 2.05) is 26.0 Å². The number of anilines is 2. The highest BCUT2D eigenvalue weighted by Gasteiger charge is 2.19. The van der Waals surface area contributed by atoms with E-state index in [1.165, 1.54) is 16.2 Å². The maximum atomic E-state index is 12.7. The third-order valence-electron chi connectivity index (χ3n) is 5.03. The van der Waals surface area contributed by atoms with Crippen LogP contribution in [0.5, 0.6) is 0 Å². The summed E-state index contributed by atoms with van der Waals surface area (Å²) in [6.45, 7) is 6.08. The monoisotopic (exact) mass is 476 g/mol. The zero-order chi connectivity index (χ0) is 24.5. The first-order chi connectivity index (χ1) is 16.5. The van der Waals surface area contributed by atoms with Gasteiger partial charge in [-0.2, -0.15) is 5.26 Å². The molecule has 1 aliphatic rings. The number of benzene rings is 2. The van der Waals surface area contributed by atoms with Crippen LogP contribution in [0, 0.1) is 11.3 Å². The average molecular weight is 477 g/mol. The van der Waals surface area contributed by atoms with Crippen LogP contribution in [0.3, 0.4) is 0 Å². The van der Waals surface area contributed by atoms with E-state index in [0.717, 1.165) is 30.8 Å². The van der Waals surface area contributed by atoms with E-state index in [1.54, 1.807) is 42.5 Å². The highest BCUT2D eigenvalue weighted by Crippen LogP contribution is 2.28. The lowest BCUT2D eigenvalue weighted by molar-refractivity contribution is 0.102. The van der Waals surface area contributed by atoms with Gasteiger partial charge in [0, 0.05) is 42.2 Å². The summed E-state index contributed by atoms with van der Waals surface area (Å²) in [6.07, 6.45) is 0.891. The number of nitrogens with zero attached hydrogens (tertiary/aromatic N) is 3. The Morgan fingerprint density at radius 1 is 1.15 bits per heavy atom. The van der Waals surface area contributed by atoms with Crippen LogP contribution >= 0.6 is 11.3 Å². The first-order valence-corrected chi connectivity index (χ1v) is 11.9. The molecule has 1 aliphatic heterocycles. The van der Waals surface area contributed by atoms with Crippen LogP contribution in [-0.2, 0) is 19.5 Å². The van der Waals surface area contributed by atoms with Gasteiger partial charge in [-0.3, -0.25) is 10.1 Å². The van der Waals surface area contributed by atoms with Crippen molar-refractivity contribution in [3.8, 4) is 6.07 Å². The predicted molar refractivity (Wildman–Crippen MR) is 135 cm³/mol. The van der Waals surface area contributed by atoms with Gasteiger partial charge in [0.1, 0.15) is 0 Å². The van der Waals surface area contributed by atoms with Crippen LogP contribution in [0.1, 0.15) is 45.9 Å². The molecule has 0 saturated carbocycles. The van der Waals surface area contributed by atoms with Crippen molar-refractivity contribution < 1.29 is 9.59 Å². The van der Waals surface area contributed by atoms with Gasteiger partial charge in [0.05, 0.1) is 17.3 Å². The SMILES string of the molecule is CC.CN1CCc2nc(NC(=O)c3cccc(CNC(=O)Nc4cccc(C#N)c4)c3)sc2C1. The van der Waals surface area contributed by atoms with Crippen molar-refractivity contribution in [1.29, 1.82) is 5.26 Å². The molecule has 0 radical (unpaired) electrons. The molecule has 176 valence electrons. The fourth-order valence-corrected chi connectivity index (χ4v) is 4.48. The topological polar surface area (TPSA) is 110 Å². The summed E-state index contributed by atoms with van der Waals surface area (Å²) in [7, 11) is 2.07. The molecule has 2 aromatic carbocycles. The van der Waals surface area contributed by atoms with Crippen LogP contribution < -0.4 is 16.0 Å². The second kappa shape index (κ2) is 11.9. The average Bonchev–Trinajstić information content (AvgIpc) is 3.25. The number of hydrogen-bond acceptors (Lipinski definition) is 6. The standard InChI is InChI=1S/C23H22N6O2S.C2H6/c1-29-9-8-19-20(14-29)32-23(27-19)28-21(30)17-6-2-5-16(10-17)13-25-22(31)26-18-7-3-4-15(11-18)12-24;1-2/h2-7,10-11H,8-9,13-14H2,1H3,(H2,25,26,31)(H,27,28,30);1-2H3. The van der Waals surface area contributed by atoms with Gasteiger partial charge in [-0.1, -0.05) is 32.0 Å². The van der Waals surface area contributed by atoms with Crippen LogP contribution in [0.4, 0.5) is 15.6 Å². The quantitative estimate of drug-likeness (QED) is 0.498. The summed E-state index contributed by atoms with van der Waals surface area (Å²) < 4.78 is 0. The molecule has 3 amide bonds. The molecule has 3 aromatic rings. The number of thiazole rings is 1. The Bertz CT molecular complexity index is 1200. The number of rotatable bonds is 5. The number of urea groups is 1. The summed E-state index contributed by atoms with van der Waals surface area (Å²) in [6, 6.07) is 15.4. The van der Waals surface area contributed by atoms with Crippen molar-refractivity contribution in [1.82, 2.24) is 15.2 Å². The Kier molecular flexibility index (Phi) is 8.73. The van der Waals surface area contributed by atoms with Crippen molar-refractivity contribution in [3.63, 3.8) is 0 Å². The lowest BCUT2D eigenvalue weighted by Gasteiger charge is -2.20. The number of hydrogen-bond donors (Lipinski definition) is 3. The molecule has 9 heteroatoms. The molecule has 2 heterocycles. The van der Waals surface area contributed by atoms with Crippen molar-refractivity contribution in [3.05, 3.63) is 75.8 Å². The second-order valence-corrected chi connectivity index (χ2v) is 8.62. The molecule has 4 rings (SSSR count). The number of fused-ring (bicyclic) bond motifs is 1. The molecule has 0 aliphatic carbocycles. The Morgan fingerprint density at radius 2 is 1.94 bits per heavy atom. The fourth-order valence-electron chi connectivity index (χ4n) is 3.39. The van der Waals surface area contributed by atoms with E-state index in [2.05, 4.69) is 32.9 Å². The molecular formula is C25H28N6O2S. The number of likely N-dealkylation sites (N-methyl/N-ethyl adjacent to an activating group) is 1. The Balaban J connectivity index is 0.00000158. The maximum absolute atomic E-state index is 12.7. The fraction of sp³-hybridized carbons (Fsp3) is 0.280. The smallest absolute Gasteiger partial charge is 0.319 e. The molecule has 0 spiro atoms. The summed E-state index contributed by atoms with van der Waals surface area (Å²) >= 11 is 1.51. The van der Waals surface area contributed by atoms with E-state index in [9.17, 15) is 9.59 Å². The van der Waals surface area contributed by atoms with Crippen LogP contribution in [0.25, 0.3) is 0 Å². The van der Waals surface area contributed by atoms with Crippen LogP contribution in [0.15, 0.2) is 48.5 Å². The minimum atomic E-state index is -0.395. The normalized spacial score (nSPS) is 12.4. The Labute approximate surface area is 203 Å². The van der Waals surface area contributed by atoms with Gasteiger partial charge >= 0.3 is 6.03 Å². The van der Waals surface area contributed by atoms with Gasteiger partial charge in [0.15, 0.2) is 5.13 Å². The highest BCUT2D eigenvalue weighted by molar-refractivity contribution is 7.15. The zero-order valence-corrected chi connectivity index (χ0v) is 20.3. The van der Waals surface area contributed by atoms with E-state index >= 15 is 0 Å². The molecule has 0 saturated heterocycles. The van der Waals surface area contributed by atoms with Gasteiger partial charge in [0.25, 0.3) is 5.91 Å². The maximum Gasteiger partial charge on any atom is 0.319 e. The molecule has 0 unspecified atom stereocenters. The van der Waals surface area contributed by atoms with Crippen molar-refractivity contribution in [2.75, 3.05) is 24.2 Å². The number of amides is 3. The minimum absolute atomic E-state index is 0.232. The summed E-state index contributed by atoms with van der Waals surface area (Å²) in [4.78, 5) is 32.9. The van der Waals surface area contributed by atoms with E-state index < -0.39 is 6.03 Å². The molecule has 1 aromatic heterocycles. The van der Waals surface area contributed by atoms with Gasteiger partial charge in [-0.05, 0) is 42.9 Å². The lowest BCUT2D eigenvalue weighted by atomic mass is 10.1. The predicted octanol–water partition coefficient (Wildman–Crippen LogP) is 4.60. The molecule has 8 nitrogen and oxygen atoms in total. The summed E-state index contributed by atoms with van der Waals surface area (Å²) in [5.74, 6) is -0.232. The van der Waals surface area contributed by atoms with E-state index in [0.29, 0.717) is 21.9 Å². The van der Waals surface area contributed by atoms with Crippen LogP contribution in [-0.4, -0.2) is 35.4 Å². The van der Waals surface area contributed by atoms with Gasteiger partial charge in [-0.25, -0.2) is 9.78 Å². The van der Waals surface area contributed by atoms with E-state index in [4.69, 9.17) is 5.26 Å². The summed E-state index contributed by atoms with van der Waals surface area (Å²) in [5.41, 5.74) is 3.35. The third-order valence-corrected chi connectivity index (χ3v) is 6.03. The number of carbonyl (C=O) groups is 2. The number of nitriles is 1. The van der Waals surface area contributed by atoms with Crippen molar-refractivity contribution in [2.45, 2.75) is 33.4 Å². The Hall–Kier alpha value is -3.74. The highest BCUT2D eigenvalue weighted by atomic mass is 32.1. The number of nitrogens with one attached hydrogen (secondary N) is 3. The molecule has 0 fully saturated rings. The summed E-state index contributed by atoms with van der Waals surface area (Å²) in [5, 5.41) is 17.9. The number of aromatic nitrogens is 1. The first-order valence-electron chi connectivity index (χ1n) is 11.1. The van der Waals surface area contributed by atoms with Gasteiger partial charge < -0.3 is 15.5 Å².